The van der Waals surface area contributed by atoms with E-state index in [1.54, 1.807) is 0 Å². The van der Waals surface area contributed by atoms with Crippen molar-refractivity contribution >= 4 is 29.7 Å². The highest BCUT2D eigenvalue weighted by atomic mass is 32.2. The Bertz CT molecular complexity index is 414. The van der Waals surface area contributed by atoms with Crippen LogP contribution in [-0.4, -0.2) is 43.2 Å². The number of rotatable bonds is 5. The maximum atomic E-state index is 12.6. The van der Waals surface area contributed by atoms with Crippen LogP contribution in [0.15, 0.2) is 21.1 Å². The van der Waals surface area contributed by atoms with E-state index in [9.17, 15) is 18.0 Å². The molecule has 4 nitrogen and oxygen atoms in total. The van der Waals surface area contributed by atoms with E-state index in [0.29, 0.717) is 12.2 Å². The molecule has 8 heteroatoms. The lowest BCUT2D eigenvalue weighted by Crippen LogP contribution is -2.20. The molecule has 0 saturated carbocycles. The SMILES string of the molecule is CN=CC(C(=O)N=C(N)CCSC)=C(C)C(F)(F)F. The highest BCUT2D eigenvalue weighted by Crippen LogP contribution is 2.27. The van der Waals surface area contributed by atoms with Crippen LogP contribution in [0.4, 0.5) is 13.2 Å². The Labute approximate surface area is 114 Å². The maximum absolute atomic E-state index is 12.6. The summed E-state index contributed by atoms with van der Waals surface area (Å²) >= 11 is 1.50. The molecule has 0 aromatic rings. The van der Waals surface area contributed by atoms with E-state index in [1.165, 1.54) is 18.8 Å². The van der Waals surface area contributed by atoms with Crippen molar-refractivity contribution in [3.63, 3.8) is 0 Å². The largest absolute Gasteiger partial charge is 0.413 e. The van der Waals surface area contributed by atoms with Crippen molar-refractivity contribution in [2.24, 2.45) is 15.7 Å². The van der Waals surface area contributed by atoms with E-state index in [4.69, 9.17) is 5.73 Å². The van der Waals surface area contributed by atoms with Gasteiger partial charge in [-0.1, -0.05) is 0 Å². The molecule has 0 heterocycles. The summed E-state index contributed by atoms with van der Waals surface area (Å²) < 4.78 is 37.7. The van der Waals surface area contributed by atoms with Crippen molar-refractivity contribution in [2.45, 2.75) is 19.5 Å². The van der Waals surface area contributed by atoms with Crippen molar-refractivity contribution in [3.8, 4) is 0 Å². The summed E-state index contributed by atoms with van der Waals surface area (Å²) in [7, 11) is 1.28. The normalized spacial score (nSPS) is 14.7. The summed E-state index contributed by atoms with van der Waals surface area (Å²) in [4.78, 5) is 18.6. The van der Waals surface area contributed by atoms with Crippen LogP contribution >= 0.6 is 11.8 Å². The molecule has 0 aliphatic rings. The van der Waals surface area contributed by atoms with Crippen LogP contribution in [0.1, 0.15) is 13.3 Å². The van der Waals surface area contributed by atoms with Crippen LogP contribution in [0.5, 0.6) is 0 Å². The van der Waals surface area contributed by atoms with Gasteiger partial charge < -0.3 is 5.73 Å². The van der Waals surface area contributed by atoms with Crippen LogP contribution in [0, 0.1) is 0 Å². The Morgan fingerprint density at radius 1 is 1.42 bits per heavy atom. The fourth-order valence-electron chi connectivity index (χ4n) is 1.05. The van der Waals surface area contributed by atoms with Crippen molar-refractivity contribution < 1.29 is 18.0 Å². The zero-order valence-corrected chi connectivity index (χ0v) is 11.7. The van der Waals surface area contributed by atoms with Gasteiger partial charge in [0, 0.05) is 25.3 Å². The average molecular weight is 295 g/mol. The van der Waals surface area contributed by atoms with E-state index in [1.807, 2.05) is 6.26 Å². The molecule has 0 spiro atoms. The van der Waals surface area contributed by atoms with Gasteiger partial charge in [-0.25, -0.2) is 0 Å². The lowest BCUT2D eigenvalue weighted by molar-refractivity contribution is -0.115. The molecule has 0 aliphatic heterocycles. The Balaban J connectivity index is 5.29. The van der Waals surface area contributed by atoms with Crippen LogP contribution < -0.4 is 5.73 Å². The zero-order chi connectivity index (χ0) is 15.1. The fraction of sp³-hybridized carbons (Fsp3) is 0.545. The van der Waals surface area contributed by atoms with Gasteiger partial charge in [0.05, 0.1) is 5.57 Å². The number of halogens is 3. The van der Waals surface area contributed by atoms with Gasteiger partial charge >= 0.3 is 6.18 Å². The number of thioether (sulfide) groups is 1. The van der Waals surface area contributed by atoms with E-state index in [2.05, 4.69) is 9.98 Å². The second kappa shape index (κ2) is 7.98. The minimum atomic E-state index is -4.60. The molecule has 0 radical (unpaired) electrons. The molecular weight excluding hydrogens is 279 g/mol. The maximum Gasteiger partial charge on any atom is 0.413 e. The Morgan fingerprint density at radius 3 is 2.42 bits per heavy atom. The quantitative estimate of drug-likeness (QED) is 0.480. The topological polar surface area (TPSA) is 67.8 Å². The van der Waals surface area contributed by atoms with Crippen molar-refractivity contribution in [2.75, 3.05) is 19.1 Å². The van der Waals surface area contributed by atoms with Crippen LogP contribution in [-0.2, 0) is 4.79 Å². The smallest absolute Gasteiger partial charge is 0.387 e. The van der Waals surface area contributed by atoms with Gasteiger partial charge in [0.2, 0.25) is 0 Å². The van der Waals surface area contributed by atoms with Gasteiger partial charge in [-0.15, -0.1) is 0 Å². The standard InChI is InChI=1S/C11H16F3N3OS/c1-7(11(12,13)14)8(6-16-2)10(18)17-9(15)4-5-19-3/h6H,4-5H2,1-3H3,(H2,15,17,18). The number of allylic oxidation sites excluding steroid dienone is 1. The van der Waals surface area contributed by atoms with E-state index >= 15 is 0 Å². The van der Waals surface area contributed by atoms with Crippen molar-refractivity contribution in [1.82, 2.24) is 0 Å². The number of hydrogen-bond acceptors (Lipinski definition) is 3. The first kappa shape index (κ1) is 17.7. The molecule has 2 N–H and O–H groups in total. The van der Waals surface area contributed by atoms with Crippen molar-refractivity contribution in [1.29, 1.82) is 0 Å². The van der Waals surface area contributed by atoms with Gasteiger partial charge in [0.1, 0.15) is 5.84 Å². The number of amides is 1. The summed E-state index contributed by atoms with van der Waals surface area (Å²) in [5.74, 6) is -0.378. The van der Waals surface area contributed by atoms with E-state index in [-0.39, 0.29) is 5.84 Å². The molecule has 0 fully saturated rings. The number of aliphatic imine (C=N–C) groups is 2. The van der Waals surface area contributed by atoms with E-state index in [0.717, 1.165) is 13.1 Å². The third-order valence-corrected chi connectivity index (χ3v) is 2.74. The summed E-state index contributed by atoms with van der Waals surface area (Å²) in [5, 5.41) is 0. The van der Waals surface area contributed by atoms with Gasteiger partial charge in [0.25, 0.3) is 5.91 Å². The second-order valence-corrected chi connectivity index (χ2v) is 4.56. The summed E-state index contributed by atoms with van der Waals surface area (Å²) in [5.41, 5.74) is 3.84. The third kappa shape index (κ3) is 6.42. The number of alkyl halides is 3. The molecule has 0 aromatic heterocycles. The Kier molecular flexibility index (Phi) is 7.43. The Morgan fingerprint density at radius 2 is 2.00 bits per heavy atom. The number of amidine groups is 1. The van der Waals surface area contributed by atoms with Crippen LogP contribution in [0.3, 0.4) is 0 Å². The predicted octanol–water partition coefficient (Wildman–Crippen LogP) is 2.20. The first-order valence-corrected chi connectivity index (χ1v) is 6.70. The highest BCUT2D eigenvalue weighted by Gasteiger charge is 2.34. The number of nitrogens with zero attached hydrogens (tertiary/aromatic N) is 2. The highest BCUT2D eigenvalue weighted by molar-refractivity contribution is 7.98. The summed E-state index contributed by atoms with van der Waals surface area (Å²) in [6.07, 6.45) is -1.57. The molecule has 0 rings (SSSR count). The van der Waals surface area contributed by atoms with Gasteiger partial charge in [0.15, 0.2) is 0 Å². The molecular formula is C11H16F3N3OS. The minimum absolute atomic E-state index is 0.0105. The molecule has 0 aliphatic carbocycles. The lowest BCUT2D eigenvalue weighted by atomic mass is 10.1. The molecule has 1 amide bonds. The molecule has 0 saturated heterocycles. The first-order chi connectivity index (χ1) is 8.73. The lowest BCUT2D eigenvalue weighted by Gasteiger charge is -2.09. The number of carbonyl (C=O) groups excluding carboxylic acids is 1. The fourth-order valence-corrected chi connectivity index (χ4v) is 1.46. The predicted molar refractivity (Wildman–Crippen MR) is 72.8 cm³/mol. The van der Waals surface area contributed by atoms with Gasteiger partial charge in [-0.2, -0.15) is 29.9 Å². The van der Waals surface area contributed by atoms with E-state index < -0.39 is 23.2 Å². The number of carbonyl (C=O) groups is 1. The van der Waals surface area contributed by atoms with Gasteiger partial charge in [-0.05, 0) is 18.9 Å². The summed E-state index contributed by atoms with van der Waals surface area (Å²) in [6.45, 7) is 0.808. The third-order valence-electron chi connectivity index (χ3n) is 2.13. The van der Waals surface area contributed by atoms with Crippen LogP contribution in [0.2, 0.25) is 0 Å². The average Bonchev–Trinajstić information content (AvgIpc) is 2.31. The summed E-state index contributed by atoms with van der Waals surface area (Å²) in [6, 6.07) is 0. The molecule has 0 unspecified atom stereocenters. The Hall–Kier alpha value is -1.31. The molecule has 0 aromatic carbocycles. The first-order valence-electron chi connectivity index (χ1n) is 5.30. The van der Waals surface area contributed by atoms with Crippen molar-refractivity contribution in [3.05, 3.63) is 11.1 Å². The number of nitrogens with two attached hydrogens (primary N) is 1. The van der Waals surface area contributed by atoms with Crippen LogP contribution in [0.25, 0.3) is 0 Å². The number of hydrogen-bond donors (Lipinski definition) is 1. The monoisotopic (exact) mass is 295 g/mol. The minimum Gasteiger partial charge on any atom is -0.387 e. The molecule has 0 bridgehead atoms. The van der Waals surface area contributed by atoms with Gasteiger partial charge in [-0.3, -0.25) is 9.79 Å². The zero-order valence-electron chi connectivity index (χ0n) is 10.9. The second-order valence-electron chi connectivity index (χ2n) is 3.57. The molecule has 0 atom stereocenters. The molecule has 19 heavy (non-hydrogen) atoms. The molecule has 108 valence electrons.